The van der Waals surface area contributed by atoms with Gasteiger partial charge in [0.15, 0.2) is 37.4 Å². The van der Waals surface area contributed by atoms with Gasteiger partial charge in [-0.15, -0.1) is 0 Å². The van der Waals surface area contributed by atoms with Crippen LogP contribution in [0.5, 0.6) is 11.5 Å². The highest BCUT2D eigenvalue weighted by molar-refractivity contribution is 6.75. The van der Waals surface area contributed by atoms with Crippen molar-refractivity contribution < 1.29 is 41.8 Å². The van der Waals surface area contributed by atoms with Crippen molar-refractivity contribution >= 4 is 30.9 Å². The number of hydrogen-bond donors (Lipinski definition) is 3. The van der Waals surface area contributed by atoms with Crippen molar-refractivity contribution in [3.63, 3.8) is 0 Å². The number of hydrogen-bond acceptors (Lipinski definition) is 13. The molecule has 7 rings (SSSR count). The quantitative estimate of drug-likeness (QED) is 0.0491. The number of rotatable bonds is 20. The molecule has 1 amide bonds. The first-order valence-electron chi connectivity index (χ1n) is 27.5. The van der Waals surface area contributed by atoms with Gasteiger partial charge in [-0.3, -0.25) is 33.5 Å². The number of ether oxygens (including phenoxy) is 5. The van der Waals surface area contributed by atoms with Crippen LogP contribution in [0.15, 0.2) is 123 Å². The smallest absolute Gasteiger partial charge is 0.330 e. The third kappa shape index (κ3) is 13.2. The van der Waals surface area contributed by atoms with E-state index in [0.717, 1.165) is 16.7 Å². The molecule has 4 heterocycles. The minimum absolute atomic E-state index is 0.0541. The van der Waals surface area contributed by atoms with E-state index in [-0.39, 0.29) is 40.6 Å². The largest absolute Gasteiger partial charge is 0.497 e. The van der Waals surface area contributed by atoms with Gasteiger partial charge in [0.05, 0.1) is 33.0 Å². The summed E-state index contributed by atoms with van der Waals surface area (Å²) < 4.78 is 57.1. The highest BCUT2D eigenvalue weighted by Gasteiger charge is 2.56. The van der Waals surface area contributed by atoms with E-state index in [2.05, 4.69) is 117 Å². The summed E-state index contributed by atoms with van der Waals surface area (Å²) in [6.45, 7) is 31.7. The van der Waals surface area contributed by atoms with Crippen molar-refractivity contribution in [2.75, 3.05) is 27.4 Å². The van der Waals surface area contributed by atoms with Crippen LogP contribution in [-0.4, -0.2) is 108 Å². The van der Waals surface area contributed by atoms with E-state index in [1.807, 2.05) is 78.9 Å². The second-order valence-corrected chi connectivity index (χ2v) is 39.9. The summed E-state index contributed by atoms with van der Waals surface area (Å²) in [5.41, 5.74) is -1.46. The Labute approximate surface area is 473 Å². The Kier molecular flexibility index (Phi) is 18.5. The lowest BCUT2D eigenvalue weighted by molar-refractivity contribution is -0.125. The van der Waals surface area contributed by atoms with E-state index >= 15 is 4.79 Å². The van der Waals surface area contributed by atoms with Gasteiger partial charge in [-0.25, -0.2) is 9.59 Å². The second-order valence-electron chi connectivity index (χ2n) is 25.7. The molecule has 18 nitrogen and oxygen atoms in total. The molecule has 3 aromatic carbocycles. The Bertz CT molecular complexity index is 3110. The van der Waals surface area contributed by atoms with Gasteiger partial charge in [0.2, 0.25) is 5.91 Å². The summed E-state index contributed by atoms with van der Waals surface area (Å²) in [6, 6.07) is 27.7. The number of nitrogens with zero attached hydrogens (tertiary/aromatic N) is 2. The molecule has 0 bridgehead atoms. The van der Waals surface area contributed by atoms with Gasteiger partial charge in [0, 0.05) is 43.4 Å². The average molecular weight is 1160 g/mol. The fraction of sp³-hybridized carbons (Fsp3) is 0.542. The topological polar surface area (TPSA) is 213 Å². The van der Waals surface area contributed by atoms with Crippen LogP contribution in [0.4, 0.5) is 0 Å². The predicted octanol–water partition coefficient (Wildman–Crippen LogP) is 9.20. The van der Waals surface area contributed by atoms with E-state index < -0.39 is 102 Å². The maximum Gasteiger partial charge on any atom is 0.330 e. The van der Waals surface area contributed by atoms with Gasteiger partial charge < -0.3 is 42.3 Å². The first-order valence-corrected chi connectivity index (χ1v) is 36.2. The molecule has 8 atom stereocenters. The van der Waals surface area contributed by atoms with Crippen molar-refractivity contribution in [3.8, 4) is 11.5 Å². The van der Waals surface area contributed by atoms with Gasteiger partial charge in [-0.2, -0.15) is 0 Å². The number of carbonyl (C=O) groups excluding carboxylic acids is 1. The molecule has 2 aromatic heterocycles. The van der Waals surface area contributed by atoms with Gasteiger partial charge >= 0.3 is 11.4 Å². The summed E-state index contributed by atoms with van der Waals surface area (Å²) in [4.78, 5) is 72.5. The molecule has 0 unspecified atom stereocenters. The molecule has 0 radical (unpaired) electrons. The highest BCUT2D eigenvalue weighted by atomic mass is 28.4. The van der Waals surface area contributed by atoms with Crippen LogP contribution < -0.4 is 37.3 Å². The van der Waals surface area contributed by atoms with Crippen LogP contribution in [0.2, 0.25) is 54.4 Å². The van der Waals surface area contributed by atoms with Crippen molar-refractivity contribution in [2.45, 2.75) is 172 Å². The number of aromatic nitrogens is 4. The van der Waals surface area contributed by atoms with E-state index in [9.17, 15) is 19.2 Å². The molecule has 2 aliphatic heterocycles. The number of carbonyl (C=O) groups is 1. The zero-order chi connectivity index (χ0) is 59.0. The third-order valence-electron chi connectivity index (χ3n) is 17.3. The summed E-state index contributed by atoms with van der Waals surface area (Å²) in [6.07, 6.45) is -3.76. The van der Waals surface area contributed by atoms with Crippen molar-refractivity contribution in [2.24, 2.45) is 5.92 Å². The first kappa shape index (κ1) is 62.1. The van der Waals surface area contributed by atoms with Gasteiger partial charge in [0.25, 0.3) is 11.1 Å². The molecule has 2 fully saturated rings. The number of amides is 1. The zero-order valence-electron chi connectivity index (χ0n) is 49.8. The minimum atomic E-state index is -2.76. The Morgan fingerprint density at radius 2 is 0.950 bits per heavy atom. The first-order chi connectivity index (χ1) is 37.2. The summed E-state index contributed by atoms with van der Waals surface area (Å²) in [5.74, 6) is 0.147. The SMILES string of the molecule is COc1ccc(C(OC[C@H]2O[C@@H](n3ccc(=O)[nH]c3=O)[C@H](O[Si](C)(C)C(C)(C)C)[C@@H]2CC(=O)NC[C@H]2O[C@@H](n3ccc(=O)[nH]c3=O)[C@H](O[Si](C)(C)C(C)(C)C)[C@@H]2O[Si](C)(C)C(C)(C)C)(c2ccccc2)c2ccc(OC)cc2)cc1. The Morgan fingerprint density at radius 3 is 1.38 bits per heavy atom. The monoisotopic (exact) mass is 1160 g/mol. The number of aromatic amines is 2. The molecular formula is C59H85N5O13Si3. The van der Waals surface area contributed by atoms with Gasteiger partial charge in [-0.1, -0.05) is 117 Å². The predicted molar refractivity (Wildman–Crippen MR) is 316 cm³/mol. The van der Waals surface area contributed by atoms with E-state index in [1.54, 1.807) is 14.2 Å². The zero-order valence-corrected chi connectivity index (χ0v) is 52.8. The fourth-order valence-corrected chi connectivity index (χ4v) is 13.4. The van der Waals surface area contributed by atoms with Crippen molar-refractivity contribution in [1.29, 1.82) is 0 Å². The molecule has 3 N–H and O–H groups in total. The van der Waals surface area contributed by atoms with E-state index in [4.69, 9.17) is 37.0 Å². The second kappa shape index (κ2) is 23.8. The highest BCUT2D eigenvalue weighted by Crippen LogP contribution is 2.49. The lowest BCUT2D eigenvalue weighted by atomic mass is 9.79. The van der Waals surface area contributed by atoms with Crippen LogP contribution in [0, 0.1) is 5.92 Å². The summed E-state index contributed by atoms with van der Waals surface area (Å²) in [5, 5.41) is 2.36. The lowest BCUT2D eigenvalue weighted by Crippen LogP contribution is -2.55. The molecule has 80 heavy (non-hydrogen) atoms. The molecule has 0 saturated carbocycles. The van der Waals surface area contributed by atoms with Crippen LogP contribution in [-0.2, 0) is 37.9 Å². The maximum atomic E-state index is 15.2. The van der Waals surface area contributed by atoms with Crippen molar-refractivity contribution in [3.05, 3.63) is 162 Å². The van der Waals surface area contributed by atoms with Crippen LogP contribution >= 0.6 is 0 Å². The molecule has 0 aliphatic carbocycles. The standard InChI is InChI=1S/C59H85N5O13Si3/c1-56(2,3)78(12,13)75-49-43(35-48(67)60-36-44-50(76-79(14,15)57(4,5)6)51(77-80(16,17)58(7,8)9)53(73-44)64-34-32-47(66)62-55(64)69)45(74-52(49)63-33-31-46(65)61-54(63)68)37-72-59(38-21-19-18-20-22-38,39-23-27-41(70-10)28-24-39)40-25-29-42(71-11)30-26-40/h18-34,43-45,49-53H,35-37H2,1-17H3,(H,60,67)(H,61,65,68)(H,62,66,69)/t43-,44-,45-,49-,50-,51-,52-,53-/m1/s1. The number of H-pyrrole nitrogens is 2. The van der Waals surface area contributed by atoms with Gasteiger partial charge in [0.1, 0.15) is 35.4 Å². The molecule has 436 valence electrons. The van der Waals surface area contributed by atoms with E-state index in [0.29, 0.717) is 11.5 Å². The van der Waals surface area contributed by atoms with E-state index in [1.165, 1.54) is 33.7 Å². The summed E-state index contributed by atoms with van der Waals surface area (Å²) in [7, 11) is -4.81. The fourth-order valence-electron chi connectivity index (χ4n) is 9.51. The normalized spacial score (nSPS) is 22.3. The third-order valence-corrected chi connectivity index (χ3v) is 30.7. The number of benzene rings is 3. The Morgan fingerprint density at radius 1 is 0.550 bits per heavy atom. The Hall–Kier alpha value is -5.50. The maximum absolute atomic E-state index is 15.2. The average Bonchev–Trinajstić information content (AvgIpc) is 4.01. The molecular weight excluding hydrogens is 1070 g/mol. The van der Waals surface area contributed by atoms with Crippen molar-refractivity contribution in [1.82, 2.24) is 24.4 Å². The van der Waals surface area contributed by atoms with Crippen LogP contribution in [0.1, 0.15) is 97.9 Å². The lowest BCUT2D eigenvalue weighted by Gasteiger charge is -2.44. The molecule has 21 heteroatoms. The van der Waals surface area contributed by atoms with Crippen LogP contribution in [0.25, 0.3) is 0 Å². The number of nitrogens with one attached hydrogen (secondary N) is 3. The molecule has 2 aliphatic rings. The molecule has 2 saturated heterocycles. The Balaban J connectivity index is 1.33. The minimum Gasteiger partial charge on any atom is -0.497 e. The van der Waals surface area contributed by atoms with Gasteiger partial charge in [-0.05, 0) is 95.4 Å². The van der Waals surface area contributed by atoms with Crippen LogP contribution in [0.3, 0.4) is 0 Å². The summed E-state index contributed by atoms with van der Waals surface area (Å²) >= 11 is 0. The molecule has 5 aromatic rings. The molecule has 0 spiro atoms. The number of methoxy groups -OCH3 is 2.